The zero-order valence-electron chi connectivity index (χ0n) is 21.1. The Balaban J connectivity index is 1.29. The first-order valence-corrected chi connectivity index (χ1v) is 12.6. The van der Waals surface area contributed by atoms with Gasteiger partial charge in [0.2, 0.25) is 0 Å². The molecule has 1 aromatic heterocycles. The molecule has 0 N–H and O–H groups in total. The number of ether oxygens (including phenoxy) is 2. The van der Waals surface area contributed by atoms with Crippen LogP contribution in [0.15, 0.2) is 59.0 Å². The van der Waals surface area contributed by atoms with Gasteiger partial charge in [-0.3, -0.25) is 19.3 Å². The van der Waals surface area contributed by atoms with Crippen molar-refractivity contribution in [1.82, 2.24) is 4.90 Å². The standard InChI is InChI=1S/C29H30N2O6/c1-19-10-12-30(13-11-19)29(34)27-9-7-23(37-27)16-31-24-15-21(6-8-26(24)36-18-28(31)33)25(32)17-35-22-5-3-4-20(2)14-22/h3-9,14-15,19H,10-13,16-18H2,1-2H3. The third-order valence-corrected chi connectivity index (χ3v) is 6.84. The molecule has 3 heterocycles. The monoisotopic (exact) mass is 502 g/mol. The molecular weight excluding hydrogens is 472 g/mol. The summed E-state index contributed by atoms with van der Waals surface area (Å²) in [6.45, 7) is 5.46. The van der Waals surface area contributed by atoms with Crippen molar-refractivity contribution in [2.75, 3.05) is 31.2 Å². The van der Waals surface area contributed by atoms with E-state index in [9.17, 15) is 14.4 Å². The molecule has 0 atom stereocenters. The number of ketones is 1. The minimum absolute atomic E-state index is 0.116. The van der Waals surface area contributed by atoms with Crippen LogP contribution in [0.1, 0.15) is 52.0 Å². The molecule has 37 heavy (non-hydrogen) atoms. The Hall–Kier alpha value is -4.07. The van der Waals surface area contributed by atoms with Gasteiger partial charge in [-0.15, -0.1) is 0 Å². The highest BCUT2D eigenvalue weighted by Crippen LogP contribution is 2.34. The van der Waals surface area contributed by atoms with Crippen LogP contribution in [0.25, 0.3) is 0 Å². The third-order valence-electron chi connectivity index (χ3n) is 6.84. The maximum atomic E-state index is 12.9. The zero-order chi connectivity index (χ0) is 25.9. The Morgan fingerprint density at radius 1 is 1.05 bits per heavy atom. The lowest BCUT2D eigenvalue weighted by Crippen LogP contribution is -2.38. The molecule has 192 valence electrons. The molecule has 0 bridgehead atoms. The summed E-state index contributed by atoms with van der Waals surface area (Å²) in [7, 11) is 0. The van der Waals surface area contributed by atoms with Gasteiger partial charge < -0.3 is 18.8 Å². The number of hydrogen-bond donors (Lipinski definition) is 0. The largest absolute Gasteiger partial charge is 0.485 e. The van der Waals surface area contributed by atoms with Crippen LogP contribution in [0.5, 0.6) is 11.5 Å². The molecule has 0 radical (unpaired) electrons. The number of Topliss-reactive ketones (excluding diaryl/α,β-unsaturated/α-hetero) is 1. The number of likely N-dealkylation sites (tertiary alicyclic amines) is 1. The Labute approximate surface area is 215 Å². The summed E-state index contributed by atoms with van der Waals surface area (Å²) in [5, 5.41) is 0. The summed E-state index contributed by atoms with van der Waals surface area (Å²) in [6.07, 6.45) is 1.96. The molecule has 1 saturated heterocycles. The quantitative estimate of drug-likeness (QED) is 0.437. The van der Waals surface area contributed by atoms with E-state index in [1.807, 2.05) is 30.0 Å². The predicted molar refractivity (Wildman–Crippen MR) is 137 cm³/mol. The smallest absolute Gasteiger partial charge is 0.289 e. The second kappa shape index (κ2) is 10.5. The number of amides is 2. The van der Waals surface area contributed by atoms with Crippen molar-refractivity contribution in [2.24, 2.45) is 5.92 Å². The van der Waals surface area contributed by atoms with Gasteiger partial charge in [0.15, 0.2) is 24.8 Å². The molecule has 8 heteroatoms. The number of rotatable bonds is 7. The van der Waals surface area contributed by atoms with Crippen LogP contribution in [-0.2, 0) is 11.3 Å². The van der Waals surface area contributed by atoms with Gasteiger partial charge in [-0.2, -0.15) is 0 Å². The molecule has 0 saturated carbocycles. The number of benzene rings is 2. The van der Waals surface area contributed by atoms with Crippen molar-refractivity contribution < 1.29 is 28.3 Å². The fourth-order valence-electron chi connectivity index (χ4n) is 4.59. The predicted octanol–water partition coefficient (Wildman–Crippen LogP) is 4.65. The van der Waals surface area contributed by atoms with Gasteiger partial charge in [-0.1, -0.05) is 19.1 Å². The first kappa shape index (κ1) is 24.6. The molecular formula is C29H30N2O6. The molecule has 2 aliphatic heterocycles. The van der Waals surface area contributed by atoms with E-state index in [4.69, 9.17) is 13.9 Å². The van der Waals surface area contributed by atoms with Gasteiger partial charge in [-0.05, 0) is 73.7 Å². The number of nitrogens with zero attached hydrogens (tertiary/aromatic N) is 2. The molecule has 3 aromatic rings. The summed E-state index contributed by atoms with van der Waals surface area (Å²) < 4.78 is 17.1. The van der Waals surface area contributed by atoms with E-state index < -0.39 is 0 Å². The van der Waals surface area contributed by atoms with Crippen molar-refractivity contribution >= 4 is 23.3 Å². The van der Waals surface area contributed by atoms with Crippen molar-refractivity contribution in [3.8, 4) is 11.5 Å². The fraction of sp³-hybridized carbons (Fsp3) is 0.345. The van der Waals surface area contributed by atoms with Crippen LogP contribution in [0.2, 0.25) is 0 Å². The first-order chi connectivity index (χ1) is 17.9. The van der Waals surface area contributed by atoms with Crippen molar-refractivity contribution in [1.29, 1.82) is 0 Å². The molecule has 5 rings (SSSR count). The number of furan rings is 1. The highest BCUT2D eigenvalue weighted by atomic mass is 16.5. The number of fused-ring (bicyclic) bond motifs is 1. The van der Waals surface area contributed by atoms with E-state index in [1.54, 1.807) is 36.4 Å². The van der Waals surface area contributed by atoms with Gasteiger partial charge in [0.1, 0.15) is 17.3 Å². The fourth-order valence-corrected chi connectivity index (χ4v) is 4.59. The van der Waals surface area contributed by atoms with Crippen LogP contribution in [0.4, 0.5) is 5.69 Å². The van der Waals surface area contributed by atoms with Gasteiger partial charge in [-0.25, -0.2) is 0 Å². The summed E-state index contributed by atoms with van der Waals surface area (Å²) in [6, 6.07) is 15.8. The number of carbonyl (C=O) groups excluding carboxylic acids is 3. The molecule has 2 aromatic carbocycles. The number of aryl methyl sites for hydroxylation is 1. The van der Waals surface area contributed by atoms with Gasteiger partial charge in [0.25, 0.3) is 11.8 Å². The molecule has 2 aliphatic rings. The molecule has 2 amide bonds. The van der Waals surface area contributed by atoms with Crippen LogP contribution in [0.3, 0.4) is 0 Å². The topological polar surface area (TPSA) is 89.3 Å². The maximum Gasteiger partial charge on any atom is 0.289 e. The van der Waals surface area contributed by atoms with Crippen molar-refractivity contribution in [3.05, 3.63) is 77.2 Å². The molecule has 8 nitrogen and oxygen atoms in total. The van der Waals surface area contributed by atoms with Crippen LogP contribution in [-0.4, -0.2) is 48.8 Å². The van der Waals surface area contributed by atoms with Gasteiger partial charge in [0, 0.05) is 18.7 Å². The van der Waals surface area contributed by atoms with Gasteiger partial charge >= 0.3 is 0 Å². The summed E-state index contributed by atoms with van der Waals surface area (Å²) in [4.78, 5) is 41.8. The number of anilines is 1. The van der Waals surface area contributed by atoms with Crippen molar-refractivity contribution in [2.45, 2.75) is 33.2 Å². The Kier molecular flexibility index (Phi) is 6.99. The number of hydrogen-bond acceptors (Lipinski definition) is 6. The first-order valence-electron chi connectivity index (χ1n) is 12.6. The molecule has 0 unspecified atom stereocenters. The Bertz CT molecular complexity index is 1320. The molecule has 1 fully saturated rings. The third kappa shape index (κ3) is 5.53. The van der Waals surface area contributed by atoms with E-state index in [2.05, 4.69) is 6.92 Å². The van der Waals surface area contributed by atoms with E-state index in [1.165, 1.54) is 4.90 Å². The lowest BCUT2D eigenvalue weighted by Gasteiger charge is -2.30. The summed E-state index contributed by atoms with van der Waals surface area (Å²) >= 11 is 0. The molecule has 0 aliphatic carbocycles. The highest BCUT2D eigenvalue weighted by molar-refractivity contribution is 6.02. The minimum atomic E-state index is -0.262. The number of piperidine rings is 1. The Morgan fingerprint density at radius 3 is 2.65 bits per heavy atom. The van der Waals surface area contributed by atoms with Crippen LogP contribution in [0, 0.1) is 12.8 Å². The number of carbonyl (C=O) groups is 3. The lowest BCUT2D eigenvalue weighted by molar-refractivity contribution is -0.121. The highest BCUT2D eigenvalue weighted by Gasteiger charge is 2.29. The normalized spacial score (nSPS) is 15.8. The van der Waals surface area contributed by atoms with E-state index >= 15 is 0 Å². The van der Waals surface area contributed by atoms with Gasteiger partial charge in [0.05, 0.1) is 12.2 Å². The zero-order valence-corrected chi connectivity index (χ0v) is 21.1. The van der Waals surface area contributed by atoms with E-state index in [0.717, 1.165) is 31.5 Å². The van der Waals surface area contributed by atoms with E-state index in [-0.39, 0.29) is 43.1 Å². The Morgan fingerprint density at radius 2 is 1.86 bits per heavy atom. The minimum Gasteiger partial charge on any atom is -0.485 e. The maximum absolute atomic E-state index is 12.9. The second-order valence-electron chi connectivity index (χ2n) is 9.72. The van der Waals surface area contributed by atoms with E-state index in [0.29, 0.717) is 34.4 Å². The lowest BCUT2D eigenvalue weighted by atomic mass is 9.99. The average molecular weight is 503 g/mol. The molecule has 0 spiro atoms. The second-order valence-corrected chi connectivity index (χ2v) is 9.72. The van der Waals surface area contributed by atoms with Crippen LogP contribution >= 0.6 is 0 Å². The van der Waals surface area contributed by atoms with Crippen molar-refractivity contribution in [3.63, 3.8) is 0 Å². The summed E-state index contributed by atoms with van der Waals surface area (Å²) in [5.41, 5.74) is 1.93. The van der Waals surface area contributed by atoms with Crippen LogP contribution < -0.4 is 14.4 Å². The average Bonchev–Trinajstić information content (AvgIpc) is 3.37. The summed E-state index contributed by atoms with van der Waals surface area (Å²) in [5.74, 6) is 1.88. The SMILES string of the molecule is Cc1cccc(OCC(=O)c2ccc3c(c2)N(Cc2ccc(C(=O)N4CCC(C)CC4)o2)C(=O)CO3)c1.